The van der Waals surface area contributed by atoms with E-state index in [1.54, 1.807) is 6.92 Å². The predicted molar refractivity (Wildman–Crippen MR) is 121 cm³/mol. The van der Waals surface area contributed by atoms with Gasteiger partial charge in [0.2, 0.25) is 0 Å². The summed E-state index contributed by atoms with van der Waals surface area (Å²) in [4.78, 5) is 34.3. The monoisotopic (exact) mass is 580 g/mol. The fourth-order valence-electron chi connectivity index (χ4n) is 2.59. The van der Waals surface area contributed by atoms with Crippen molar-refractivity contribution in [3.8, 4) is 0 Å². The van der Waals surface area contributed by atoms with E-state index in [0.717, 1.165) is 19.2 Å². The number of amides is 2. The number of hydroxylamine groups is 1. The zero-order valence-electron chi connectivity index (χ0n) is 17.5. The molecule has 2 rings (SSSR count). The van der Waals surface area contributed by atoms with Crippen LogP contribution in [0, 0.1) is 21.0 Å². The Kier molecular flexibility index (Phi) is 9.87. The number of anilines is 2. The number of hydrogen-bond donors (Lipinski definition) is 4. The molecule has 0 atom stereocenters. The largest absolute Gasteiger partial charge is 0.398 e. The molecule has 178 valence electrons. The molecular weight excluding hydrogens is 560 g/mol. The third-order valence-electron chi connectivity index (χ3n) is 3.99. The summed E-state index contributed by atoms with van der Waals surface area (Å²) < 4.78 is 45.1. The fraction of sp³-hybridized carbons (Fsp3) is 0.250. The molecule has 0 aliphatic carbocycles. The van der Waals surface area contributed by atoms with Crippen LogP contribution < -0.4 is 16.1 Å². The van der Waals surface area contributed by atoms with Gasteiger partial charge in [0, 0.05) is 15.7 Å². The third-order valence-corrected chi connectivity index (χ3v) is 4.66. The van der Waals surface area contributed by atoms with Crippen molar-refractivity contribution in [1.29, 1.82) is 0 Å². The van der Waals surface area contributed by atoms with Crippen molar-refractivity contribution in [2.24, 2.45) is 5.16 Å². The van der Waals surface area contributed by atoms with Crippen LogP contribution in [-0.2, 0) is 14.5 Å². The van der Waals surface area contributed by atoms with Crippen LogP contribution in [-0.4, -0.2) is 49.5 Å². The number of aliphatic hydroxyl groups is 1. The number of halogens is 4. The van der Waals surface area contributed by atoms with Gasteiger partial charge >= 0.3 is 0 Å². The van der Waals surface area contributed by atoms with Gasteiger partial charge in [0.1, 0.15) is 12.9 Å². The SMILES string of the molecule is CCNC(=O)C(=NOC)c1cc(C(=O)NOCCO)c(Nc2ccc(I)cc2F)c(F)c1F. The van der Waals surface area contributed by atoms with Crippen molar-refractivity contribution in [2.45, 2.75) is 6.92 Å². The number of aliphatic hydroxyl groups excluding tert-OH is 1. The second-order valence-corrected chi connectivity index (χ2v) is 7.45. The number of likely N-dealkylation sites (N-methyl/N-ethyl adjacent to an activating group) is 1. The van der Waals surface area contributed by atoms with Crippen molar-refractivity contribution in [2.75, 3.05) is 32.2 Å². The van der Waals surface area contributed by atoms with E-state index in [9.17, 15) is 14.0 Å². The van der Waals surface area contributed by atoms with Crippen LogP contribution in [0.25, 0.3) is 0 Å². The van der Waals surface area contributed by atoms with Gasteiger partial charge < -0.3 is 20.6 Å². The molecule has 0 fully saturated rings. The molecule has 13 heteroatoms. The van der Waals surface area contributed by atoms with Gasteiger partial charge in [0.05, 0.1) is 30.2 Å². The van der Waals surface area contributed by atoms with Gasteiger partial charge in [0.15, 0.2) is 17.3 Å². The number of nitrogens with zero attached hydrogens (tertiary/aromatic N) is 1. The average molecular weight is 580 g/mol. The summed E-state index contributed by atoms with van der Waals surface area (Å²) in [6.07, 6.45) is 0. The topological polar surface area (TPSA) is 121 Å². The molecule has 0 aliphatic heterocycles. The number of nitrogens with one attached hydrogen (secondary N) is 3. The fourth-order valence-corrected chi connectivity index (χ4v) is 3.04. The zero-order valence-corrected chi connectivity index (χ0v) is 19.6. The van der Waals surface area contributed by atoms with E-state index in [-0.39, 0.29) is 18.8 Å². The van der Waals surface area contributed by atoms with E-state index in [0.29, 0.717) is 3.57 Å². The molecule has 2 aromatic carbocycles. The highest BCUT2D eigenvalue weighted by atomic mass is 127. The lowest BCUT2D eigenvalue weighted by molar-refractivity contribution is -0.114. The van der Waals surface area contributed by atoms with E-state index in [1.165, 1.54) is 12.1 Å². The molecule has 0 saturated carbocycles. The van der Waals surface area contributed by atoms with Gasteiger partial charge in [0.25, 0.3) is 11.8 Å². The molecule has 33 heavy (non-hydrogen) atoms. The minimum atomic E-state index is -1.58. The third kappa shape index (κ3) is 6.55. The molecule has 4 N–H and O–H groups in total. The van der Waals surface area contributed by atoms with E-state index < -0.39 is 58.4 Å². The highest BCUT2D eigenvalue weighted by Crippen LogP contribution is 2.31. The Labute approximate surface area is 200 Å². The van der Waals surface area contributed by atoms with Gasteiger partial charge in [-0.25, -0.2) is 18.7 Å². The Morgan fingerprint density at radius 2 is 1.88 bits per heavy atom. The van der Waals surface area contributed by atoms with Crippen molar-refractivity contribution in [3.05, 3.63) is 56.4 Å². The van der Waals surface area contributed by atoms with Gasteiger partial charge in [-0.2, -0.15) is 0 Å². The standard InChI is InChI=1S/C20H20F3IN4O5/c1-3-25-20(31)18(27-32-2)11-9-12(19(30)28-33-7-6-29)17(16(23)15(11)22)26-14-5-4-10(24)8-13(14)21/h4-5,8-9,26,29H,3,6-7H2,1-2H3,(H,25,31)(H,28,30). The lowest BCUT2D eigenvalue weighted by Crippen LogP contribution is -2.33. The molecule has 9 nitrogen and oxygen atoms in total. The number of carbonyl (C=O) groups is 2. The van der Waals surface area contributed by atoms with Crippen molar-refractivity contribution >= 4 is 51.5 Å². The predicted octanol–water partition coefficient (Wildman–Crippen LogP) is 2.59. The molecule has 2 aromatic rings. The van der Waals surface area contributed by atoms with Crippen LogP contribution >= 0.6 is 22.6 Å². The van der Waals surface area contributed by atoms with E-state index in [2.05, 4.69) is 20.6 Å². The van der Waals surface area contributed by atoms with Crippen LogP contribution in [0.3, 0.4) is 0 Å². The van der Waals surface area contributed by atoms with E-state index >= 15 is 8.78 Å². The second kappa shape index (κ2) is 12.4. The lowest BCUT2D eigenvalue weighted by atomic mass is 10.0. The van der Waals surface area contributed by atoms with Gasteiger partial charge in [-0.15, -0.1) is 0 Å². The number of rotatable bonds is 10. The van der Waals surface area contributed by atoms with Crippen molar-refractivity contribution in [1.82, 2.24) is 10.8 Å². The van der Waals surface area contributed by atoms with Gasteiger partial charge in [-0.1, -0.05) is 5.16 Å². The molecule has 2 amide bonds. The Morgan fingerprint density at radius 1 is 1.15 bits per heavy atom. The van der Waals surface area contributed by atoms with Crippen LogP contribution in [0.2, 0.25) is 0 Å². The van der Waals surface area contributed by atoms with Crippen LogP contribution in [0.15, 0.2) is 29.4 Å². The number of oxime groups is 1. The zero-order chi connectivity index (χ0) is 24.5. The number of carbonyl (C=O) groups excluding carboxylic acids is 2. The molecule has 0 saturated heterocycles. The van der Waals surface area contributed by atoms with E-state index in [1.807, 2.05) is 28.1 Å². The summed E-state index contributed by atoms with van der Waals surface area (Å²) in [5.74, 6) is -5.84. The highest BCUT2D eigenvalue weighted by Gasteiger charge is 2.28. The molecule has 0 bridgehead atoms. The smallest absolute Gasteiger partial charge is 0.277 e. The highest BCUT2D eigenvalue weighted by molar-refractivity contribution is 14.1. The summed E-state index contributed by atoms with van der Waals surface area (Å²) >= 11 is 1.87. The molecule has 0 spiro atoms. The minimum Gasteiger partial charge on any atom is -0.398 e. The Hall–Kier alpha value is -2.91. The Bertz CT molecular complexity index is 1070. The minimum absolute atomic E-state index is 0.153. The molecule has 0 aromatic heterocycles. The van der Waals surface area contributed by atoms with Gasteiger partial charge in [-0.05, 0) is 53.8 Å². The quantitative estimate of drug-likeness (QED) is 0.149. The molecule has 0 radical (unpaired) electrons. The van der Waals surface area contributed by atoms with Crippen LogP contribution in [0.5, 0.6) is 0 Å². The molecule has 0 heterocycles. The maximum Gasteiger partial charge on any atom is 0.277 e. The second-order valence-electron chi connectivity index (χ2n) is 6.21. The normalized spacial score (nSPS) is 11.2. The first-order valence-corrected chi connectivity index (χ1v) is 10.5. The molecule has 0 aliphatic rings. The number of hydrogen-bond acceptors (Lipinski definition) is 7. The first kappa shape index (κ1) is 26.3. The summed E-state index contributed by atoms with van der Waals surface area (Å²) in [6.45, 7) is 1.04. The lowest BCUT2D eigenvalue weighted by Gasteiger charge is -2.17. The van der Waals surface area contributed by atoms with E-state index in [4.69, 9.17) is 9.94 Å². The number of benzene rings is 2. The maximum atomic E-state index is 15.2. The average Bonchev–Trinajstić information content (AvgIpc) is 2.77. The Morgan fingerprint density at radius 3 is 2.48 bits per heavy atom. The first-order valence-electron chi connectivity index (χ1n) is 9.41. The molecular formula is C20H20F3IN4O5. The maximum absolute atomic E-state index is 15.2. The van der Waals surface area contributed by atoms with Crippen molar-refractivity contribution in [3.63, 3.8) is 0 Å². The van der Waals surface area contributed by atoms with Crippen LogP contribution in [0.4, 0.5) is 24.5 Å². The summed E-state index contributed by atoms with van der Waals surface area (Å²) in [7, 11) is 1.10. The first-order chi connectivity index (χ1) is 15.7. The van der Waals surface area contributed by atoms with Crippen LogP contribution in [0.1, 0.15) is 22.8 Å². The summed E-state index contributed by atoms with van der Waals surface area (Å²) in [5, 5.41) is 17.0. The molecule has 0 unspecified atom stereocenters. The summed E-state index contributed by atoms with van der Waals surface area (Å²) in [6, 6.07) is 4.78. The summed E-state index contributed by atoms with van der Waals surface area (Å²) in [5.41, 5.74) is -0.840. The van der Waals surface area contributed by atoms with Gasteiger partial charge in [-0.3, -0.25) is 14.4 Å². The van der Waals surface area contributed by atoms with Crippen molar-refractivity contribution < 1.29 is 37.5 Å². The Balaban J connectivity index is 2.67.